The summed E-state index contributed by atoms with van der Waals surface area (Å²) in [5.41, 5.74) is 0.784. The predicted octanol–water partition coefficient (Wildman–Crippen LogP) is 3.25. The maximum atomic E-state index is 13.0. The Morgan fingerprint density at radius 1 is 1.43 bits per heavy atom. The van der Waals surface area contributed by atoms with Crippen LogP contribution in [0, 0.1) is 5.82 Å². The lowest BCUT2D eigenvalue weighted by molar-refractivity contribution is 0.0529. The standard InChI is InChI=1S/C16H22FNO3/c1-16(2,3)21-15(20)18-9-5-4-6-12-7-8-14(17)10-13(12)11-19/h4,6-8,10,19H,5,9,11H2,1-3H3,(H,18,20). The summed E-state index contributed by atoms with van der Waals surface area (Å²) in [5.74, 6) is -0.372. The van der Waals surface area contributed by atoms with Gasteiger partial charge in [-0.1, -0.05) is 18.2 Å². The smallest absolute Gasteiger partial charge is 0.407 e. The molecule has 1 aromatic carbocycles. The number of benzene rings is 1. The second-order valence-corrected chi connectivity index (χ2v) is 5.62. The van der Waals surface area contributed by atoms with Crippen LogP contribution in [0.2, 0.25) is 0 Å². The van der Waals surface area contributed by atoms with Crippen LogP contribution in [-0.4, -0.2) is 23.3 Å². The molecule has 116 valence electrons. The number of carbonyl (C=O) groups excluding carboxylic acids is 1. The molecule has 21 heavy (non-hydrogen) atoms. The molecule has 0 unspecified atom stereocenters. The summed E-state index contributed by atoms with van der Waals surface area (Å²) in [6.45, 7) is 5.64. The number of aliphatic hydroxyl groups is 1. The second kappa shape index (κ2) is 7.78. The van der Waals surface area contributed by atoms with Gasteiger partial charge in [0.2, 0.25) is 0 Å². The van der Waals surface area contributed by atoms with E-state index >= 15 is 0 Å². The molecule has 0 heterocycles. The molecule has 1 amide bonds. The van der Waals surface area contributed by atoms with Crippen molar-refractivity contribution in [2.24, 2.45) is 0 Å². The quantitative estimate of drug-likeness (QED) is 0.820. The fraction of sp³-hybridized carbons (Fsp3) is 0.438. The fourth-order valence-electron chi connectivity index (χ4n) is 1.66. The van der Waals surface area contributed by atoms with Crippen LogP contribution in [0.1, 0.15) is 38.3 Å². The molecule has 0 bridgehead atoms. The predicted molar refractivity (Wildman–Crippen MR) is 80.2 cm³/mol. The van der Waals surface area contributed by atoms with Crippen LogP contribution in [0.15, 0.2) is 24.3 Å². The monoisotopic (exact) mass is 295 g/mol. The molecule has 0 aliphatic rings. The van der Waals surface area contributed by atoms with Crippen LogP contribution in [0.3, 0.4) is 0 Å². The lowest BCUT2D eigenvalue weighted by atomic mass is 10.1. The van der Waals surface area contributed by atoms with Crippen LogP contribution < -0.4 is 5.32 Å². The maximum absolute atomic E-state index is 13.0. The normalized spacial score (nSPS) is 11.7. The summed E-state index contributed by atoms with van der Waals surface area (Å²) in [4.78, 5) is 11.4. The molecule has 0 aliphatic heterocycles. The van der Waals surface area contributed by atoms with Crippen molar-refractivity contribution in [3.63, 3.8) is 0 Å². The van der Waals surface area contributed by atoms with Gasteiger partial charge in [-0.05, 0) is 50.5 Å². The van der Waals surface area contributed by atoms with E-state index < -0.39 is 11.7 Å². The van der Waals surface area contributed by atoms with E-state index in [1.54, 1.807) is 32.9 Å². The third kappa shape index (κ3) is 6.90. The van der Waals surface area contributed by atoms with Crippen molar-refractivity contribution in [2.75, 3.05) is 6.54 Å². The Labute approximate surface area is 124 Å². The summed E-state index contributed by atoms with van der Waals surface area (Å²) in [7, 11) is 0. The number of amides is 1. The topological polar surface area (TPSA) is 58.6 Å². The number of nitrogens with one attached hydrogen (secondary N) is 1. The van der Waals surface area contributed by atoms with E-state index in [0.29, 0.717) is 18.5 Å². The SMILES string of the molecule is CC(C)(C)OC(=O)NCCC=Cc1ccc(F)cc1CO. The highest BCUT2D eigenvalue weighted by Gasteiger charge is 2.15. The minimum absolute atomic E-state index is 0.215. The van der Waals surface area contributed by atoms with Gasteiger partial charge in [0.1, 0.15) is 11.4 Å². The van der Waals surface area contributed by atoms with E-state index in [0.717, 1.165) is 5.56 Å². The first-order valence-corrected chi connectivity index (χ1v) is 6.84. The van der Waals surface area contributed by atoms with Crippen molar-refractivity contribution in [2.45, 2.75) is 39.4 Å². The molecule has 0 aliphatic carbocycles. The molecule has 2 N–H and O–H groups in total. The molecular formula is C16H22FNO3. The van der Waals surface area contributed by atoms with Crippen molar-refractivity contribution in [3.8, 4) is 0 Å². The van der Waals surface area contributed by atoms with Gasteiger partial charge in [-0.15, -0.1) is 0 Å². The Balaban J connectivity index is 2.41. The zero-order valence-electron chi connectivity index (χ0n) is 12.6. The summed E-state index contributed by atoms with van der Waals surface area (Å²) >= 11 is 0. The zero-order valence-corrected chi connectivity index (χ0v) is 12.6. The van der Waals surface area contributed by atoms with E-state index in [1.165, 1.54) is 12.1 Å². The summed E-state index contributed by atoms with van der Waals surface area (Å²) in [6.07, 6.45) is 3.81. The number of hydrogen-bond donors (Lipinski definition) is 2. The van der Waals surface area contributed by atoms with Gasteiger partial charge in [-0.2, -0.15) is 0 Å². The molecule has 5 heteroatoms. The Bertz CT molecular complexity index is 507. The Kier molecular flexibility index (Phi) is 6.37. The van der Waals surface area contributed by atoms with E-state index in [2.05, 4.69) is 5.32 Å². The van der Waals surface area contributed by atoms with Crippen molar-refractivity contribution in [3.05, 3.63) is 41.2 Å². The molecule has 0 saturated heterocycles. The highest BCUT2D eigenvalue weighted by atomic mass is 19.1. The third-order valence-corrected chi connectivity index (χ3v) is 2.55. The fourth-order valence-corrected chi connectivity index (χ4v) is 1.66. The molecule has 0 atom stereocenters. The number of rotatable bonds is 5. The minimum Gasteiger partial charge on any atom is -0.444 e. The van der Waals surface area contributed by atoms with Gasteiger partial charge in [-0.25, -0.2) is 9.18 Å². The Hall–Kier alpha value is -1.88. The molecule has 0 aromatic heterocycles. The van der Waals surface area contributed by atoms with Crippen molar-refractivity contribution < 1.29 is 19.0 Å². The van der Waals surface area contributed by atoms with E-state index in [-0.39, 0.29) is 12.4 Å². The van der Waals surface area contributed by atoms with Crippen LogP contribution in [0.5, 0.6) is 0 Å². The molecule has 0 radical (unpaired) electrons. The molecule has 0 saturated carbocycles. The number of carbonyl (C=O) groups is 1. The van der Waals surface area contributed by atoms with Gasteiger partial charge in [0.25, 0.3) is 0 Å². The highest BCUT2D eigenvalue weighted by Crippen LogP contribution is 2.13. The molecule has 1 aromatic rings. The molecule has 0 fully saturated rings. The number of aliphatic hydroxyl groups excluding tert-OH is 1. The first-order valence-electron chi connectivity index (χ1n) is 6.84. The van der Waals surface area contributed by atoms with Crippen LogP contribution >= 0.6 is 0 Å². The molecule has 0 spiro atoms. The van der Waals surface area contributed by atoms with Gasteiger partial charge < -0.3 is 15.2 Å². The Morgan fingerprint density at radius 3 is 2.76 bits per heavy atom. The maximum Gasteiger partial charge on any atom is 0.407 e. The molecular weight excluding hydrogens is 273 g/mol. The summed E-state index contributed by atoms with van der Waals surface area (Å²) in [5, 5.41) is 11.8. The molecule has 1 rings (SSSR count). The zero-order chi connectivity index (χ0) is 15.9. The van der Waals surface area contributed by atoms with E-state index in [1.807, 2.05) is 6.08 Å². The third-order valence-electron chi connectivity index (χ3n) is 2.55. The summed E-state index contributed by atoms with van der Waals surface area (Å²) < 4.78 is 18.1. The van der Waals surface area contributed by atoms with Crippen molar-refractivity contribution >= 4 is 12.2 Å². The summed E-state index contributed by atoms with van der Waals surface area (Å²) in [6, 6.07) is 4.26. The minimum atomic E-state index is -0.510. The van der Waals surface area contributed by atoms with Crippen LogP contribution in [-0.2, 0) is 11.3 Å². The van der Waals surface area contributed by atoms with Crippen molar-refractivity contribution in [1.29, 1.82) is 0 Å². The lowest BCUT2D eigenvalue weighted by Gasteiger charge is -2.19. The average molecular weight is 295 g/mol. The first kappa shape index (κ1) is 17.2. The van der Waals surface area contributed by atoms with E-state index in [4.69, 9.17) is 9.84 Å². The van der Waals surface area contributed by atoms with Gasteiger partial charge in [0, 0.05) is 6.54 Å². The number of halogens is 1. The first-order chi connectivity index (χ1) is 9.81. The lowest BCUT2D eigenvalue weighted by Crippen LogP contribution is -2.32. The van der Waals surface area contributed by atoms with Crippen LogP contribution in [0.4, 0.5) is 9.18 Å². The number of alkyl carbamates (subject to hydrolysis) is 1. The van der Waals surface area contributed by atoms with Crippen molar-refractivity contribution in [1.82, 2.24) is 5.32 Å². The Morgan fingerprint density at radius 2 is 2.14 bits per heavy atom. The van der Waals surface area contributed by atoms with Gasteiger partial charge in [0.05, 0.1) is 6.61 Å². The van der Waals surface area contributed by atoms with E-state index in [9.17, 15) is 9.18 Å². The molecule has 4 nitrogen and oxygen atoms in total. The largest absolute Gasteiger partial charge is 0.444 e. The van der Waals surface area contributed by atoms with Crippen LogP contribution in [0.25, 0.3) is 6.08 Å². The highest BCUT2D eigenvalue weighted by molar-refractivity contribution is 5.67. The van der Waals surface area contributed by atoms with Gasteiger partial charge >= 0.3 is 6.09 Å². The van der Waals surface area contributed by atoms with Gasteiger partial charge in [0.15, 0.2) is 0 Å². The number of ether oxygens (including phenoxy) is 1. The van der Waals surface area contributed by atoms with Gasteiger partial charge in [-0.3, -0.25) is 0 Å². The number of hydrogen-bond acceptors (Lipinski definition) is 3. The average Bonchev–Trinajstić information content (AvgIpc) is 2.37. The second-order valence-electron chi connectivity index (χ2n) is 5.62.